The van der Waals surface area contributed by atoms with Crippen LogP contribution < -0.4 is 10.6 Å². The smallest absolute Gasteiger partial charge is 0.312 e. The number of esters is 1. The third kappa shape index (κ3) is 20.0. The summed E-state index contributed by atoms with van der Waals surface area (Å²) < 4.78 is 37.2. The van der Waals surface area contributed by atoms with Gasteiger partial charge in [0.25, 0.3) is 0 Å². The Kier molecular flexibility index (Phi) is 26.9. The number of nitrogens with one attached hydrogen (secondary N) is 2. The lowest BCUT2D eigenvalue weighted by Gasteiger charge is -2.30. The average Bonchev–Trinajstić information content (AvgIpc) is 4.29. The highest BCUT2D eigenvalue weighted by atomic mass is 35.5. The first-order chi connectivity index (χ1) is 38.4. The molecule has 6 aromatic rings. The first-order valence-electron chi connectivity index (χ1n) is 26.5. The molecule has 0 aliphatic carbocycles. The van der Waals surface area contributed by atoms with Gasteiger partial charge in [-0.2, -0.15) is 5.10 Å². The molecule has 0 unspecified atom stereocenters. The Bertz CT molecular complexity index is 2950. The Morgan fingerprint density at radius 2 is 1.57 bits per heavy atom. The molecule has 19 nitrogen and oxygen atoms in total. The van der Waals surface area contributed by atoms with Crippen LogP contribution in [0.15, 0.2) is 76.9 Å². The van der Waals surface area contributed by atoms with Gasteiger partial charge in [0.1, 0.15) is 29.4 Å². The van der Waals surface area contributed by atoms with Crippen LogP contribution in [0.4, 0.5) is 5.69 Å². The maximum atomic E-state index is 12.1. The van der Waals surface area contributed by atoms with E-state index in [0.29, 0.717) is 58.7 Å². The predicted octanol–water partition coefficient (Wildman–Crippen LogP) is 9.66. The van der Waals surface area contributed by atoms with Crippen LogP contribution in [0, 0.1) is 26.2 Å². The largest absolute Gasteiger partial charge is 0.438 e. The number of aromatic nitrogens is 5. The zero-order valence-corrected chi connectivity index (χ0v) is 50.4. The molecule has 434 valence electrons. The number of halogens is 1. The number of carbonyl (C=O) groups excluding carboxylic acids is 4. The van der Waals surface area contributed by atoms with E-state index in [1.54, 1.807) is 41.1 Å². The van der Waals surface area contributed by atoms with Crippen molar-refractivity contribution in [2.45, 2.75) is 98.1 Å². The molecule has 6 heterocycles. The fraction of sp³-hybridized carbons (Fsp3) is 0.483. The normalized spacial score (nSPS) is 14.2. The van der Waals surface area contributed by atoms with Crippen LogP contribution in [0.2, 0.25) is 5.02 Å². The van der Waals surface area contributed by atoms with Gasteiger partial charge in [0.15, 0.2) is 12.6 Å². The van der Waals surface area contributed by atoms with Crippen molar-refractivity contribution in [1.29, 1.82) is 0 Å². The topological polar surface area (TPSA) is 211 Å². The highest BCUT2D eigenvalue weighted by molar-refractivity contribution is 7.97. The number of amides is 1. The first kappa shape index (κ1) is 64.9. The molecule has 2 N–H and O–H groups in total. The number of aliphatic imine (C=N–C) groups is 1. The summed E-state index contributed by atoms with van der Waals surface area (Å²) in [4.78, 5) is 49.8. The molecule has 4 aromatic heterocycles. The molecule has 0 spiro atoms. The summed E-state index contributed by atoms with van der Waals surface area (Å²) in [6.45, 7) is 20.8. The van der Waals surface area contributed by atoms with Crippen LogP contribution in [-0.4, -0.2) is 152 Å². The zero-order valence-electron chi connectivity index (χ0n) is 48.0. The van der Waals surface area contributed by atoms with Gasteiger partial charge in [0.2, 0.25) is 5.91 Å². The molecule has 0 saturated carbocycles. The monoisotopic (exact) mass is 1160 g/mol. The van der Waals surface area contributed by atoms with Gasteiger partial charge in [0, 0.05) is 103 Å². The minimum atomic E-state index is -0.341. The molecule has 2 aliphatic rings. The van der Waals surface area contributed by atoms with Crippen molar-refractivity contribution in [3.63, 3.8) is 0 Å². The van der Waals surface area contributed by atoms with Crippen LogP contribution in [0.3, 0.4) is 0 Å². The Hall–Kier alpha value is -5.88. The summed E-state index contributed by atoms with van der Waals surface area (Å²) in [6, 6.07) is 18.4. The van der Waals surface area contributed by atoms with Gasteiger partial charge in [0.05, 0.1) is 69.6 Å². The molecule has 0 radical (unpaired) electrons. The molecular formula is C58H78ClN9O10S2. The van der Waals surface area contributed by atoms with Crippen molar-refractivity contribution in [2.24, 2.45) is 10.4 Å². The molecule has 2 aliphatic heterocycles. The molecule has 1 saturated heterocycles. The van der Waals surface area contributed by atoms with Crippen molar-refractivity contribution in [3.8, 4) is 16.1 Å². The van der Waals surface area contributed by atoms with Gasteiger partial charge >= 0.3 is 5.97 Å². The maximum Gasteiger partial charge on any atom is 0.312 e. The molecule has 2 aromatic carbocycles. The minimum absolute atomic E-state index is 0.0523. The third-order valence-corrected chi connectivity index (χ3v) is 15.0. The molecule has 80 heavy (non-hydrogen) atoms. The number of rotatable bonds is 22. The van der Waals surface area contributed by atoms with E-state index in [1.807, 2.05) is 65.2 Å². The van der Waals surface area contributed by atoms with E-state index in [4.69, 9.17) is 45.0 Å². The maximum absolute atomic E-state index is 12.1. The lowest BCUT2D eigenvalue weighted by molar-refractivity contribution is -0.153. The average molecular weight is 1160 g/mol. The Morgan fingerprint density at radius 3 is 2.20 bits per heavy atom. The first-order valence-corrected chi connectivity index (χ1v) is 28.5. The minimum Gasteiger partial charge on any atom is -0.438 e. The number of hydrogen-bond acceptors (Lipinski definition) is 18. The number of ether oxygens (including phenoxy) is 6. The lowest BCUT2D eigenvalue weighted by atomic mass is 10.00. The number of hydrogen-bond donors (Lipinski definition) is 2. The number of aryl methyl sites for hydroxylation is 2. The standard InChI is InChI=1S/C24H30N4O4S.C18H17ClN4S.C11H21NO5.C5H10O/c1-25-19-4-5-21(23(14-19)33-27-9-7-20(31-3)8-10-27)17-6-11-28-22(12-17)18(15-26-28)13-24(29)32-16-30-2;1-9-11(3)24-18-15(9)16(13-5-7-14(19)8-6-13)20-10(2)17-22-21-12(4)23(17)18;1-11(14)12-3-6-16-8-10-17-9-7-15-5-2-4-13;1-5(2,3)4-6/h4-6,11-12,14-15,20,25H,7-10,13,16H2,1-3H3;5-8,10H,1-4H3;4H,2-3,5-10H2,1H3,(H,12,14);4H,1-3H3/t;10-;;/m.0../s1. The highest BCUT2D eigenvalue weighted by Gasteiger charge is 2.29. The number of aldehydes is 2. The number of piperidine rings is 1. The molecular weight excluding hydrogens is 1080 g/mol. The Morgan fingerprint density at radius 1 is 0.900 bits per heavy atom. The van der Waals surface area contributed by atoms with Crippen molar-refractivity contribution in [1.82, 2.24) is 34.0 Å². The number of anilines is 1. The van der Waals surface area contributed by atoms with Crippen molar-refractivity contribution >= 4 is 76.3 Å². The third-order valence-electron chi connectivity index (χ3n) is 12.4. The SMILES string of the molecule is CC(=O)NCCOCCOCCOCCC=O.CC(C)(C)C=O.CNc1ccc(-c2ccn3ncc(CC(=O)OCOC)c3c2)c(SN2CCC(OC)CC2)c1.Cc1sc2c(c1C)C(c1ccc(Cl)cc1)=N[C@@H](C)c1nnc(C)n1-2. The number of pyridine rings is 1. The highest BCUT2D eigenvalue weighted by Crippen LogP contribution is 2.40. The quantitative estimate of drug-likeness (QED) is 0.0213. The molecule has 22 heteroatoms. The fourth-order valence-corrected chi connectivity index (χ4v) is 10.5. The van der Waals surface area contributed by atoms with E-state index in [9.17, 15) is 19.2 Å². The summed E-state index contributed by atoms with van der Waals surface area (Å²) >= 11 is 9.62. The van der Waals surface area contributed by atoms with Crippen LogP contribution in [0.1, 0.15) is 98.7 Å². The van der Waals surface area contributed by atoms with Crippen LogP contribution >= 0.6 is 34.9 Å². The van der Waals surface area contributed by atoms with Gasteiger partial charge in [-0.25, -0.2) is 8.82 Å². The predicted molar refractivity (Wildman–Crippen MR) is 316 cm³/mol. The van der Waals surface area contributed by atoms with Crippen molar-refractivity contribution < 1.29 is 47.6 Å². The lowest BCUT2D eigenvalue weighted by Crippen LogP contribution is -2.32. The second kappa shape index (κ2) is 33.1. The Balaban J connectivity index is 0.000000220. The summed E-state index contributed by atoms with van der Waals surface area (Å²) in [7, 11) is 5.21. The van der Waals surface area contributed by atoms with Crippen LogP contribution in [0.25, 0.3) is 21.6 Å². The van der Waals surface area contributed by atoms with Gasteiger partial charge in [-0.3, -0.25) is 19.1 Å². The molecule has 8 rings (SSSR count). The summed E-state index contributed by atoms with van der Waals surface area (Å²) in [5.41, 5.74) is 9.36. The number of thiophene rings is 1. The van der Waals surface area contributed by atoms with Gasteiger partial charge in [-0.05, 0) is 106 Å². The molecule has 1 amide bonds. The van der Waals surface area contributed by atoms with E-state index < -0.39 is 0 Å². The van der Waals surface area contributed by atoms with E-state index in [0.717, 1.165) is 99.3 Å². The number of carbonyl (C=O) groups is 4. The van der Waals surface area contributed by atoms with E-state index in [2.05, 4.69) is 85.9 Å². The Labute approximate surface area is 483 Å². The van der Waals surface area contributed by atoms with E-state index >= 15 is 0 Å². The van der Waals surface area contributed by atoms with Gasteiger partial charge in [-0.1, -0.05) is 50.6 Å². The van der Waals surface area contributed by atoms with Gasteiger partial charge < -0.3 is 48.6 Å². The zero-order chi connectivity index (χ0) is 58.2. The summed E-state index contributed by atoms with van der Waals surface area (Å²) in [5.74, 6) is 1.38. The number of fused-ring (bicyclic) bond motifs is 4. The van der Waals surface area contributed by atoms with Crippen LogP contribution in [0.5, 0.6) is 0 Å². The molecule has 1 atom stereocenters. The van der Waals surface area contributed by atoms with Crippen LogP contribution in [-0.2, 0) is 54.0 Å². The summed E-state index contributed by atoms with van der Waals surface area (Å²) in [5, 5.41) is 20.8. The van der Waals surface area contributed by atoms with Gasteiger partial charge in [-0.15, -0.1) is 21.5 Å². The summed E-state index contributed by atoms with van der Waals surface area (Å²) in [6.07, 6.45) is 8.40. The fourth-order valence-electron chi connectivity index (χ4n) is 8.02. The second-order valence-electron chi connectivity index (χ2n) is 19.8. The van der Waals surface area contributed by atoms with E-state index in [1.165, 1.54) is 34.9 Å². The van der Waals surface area contributed by atoms with Crippen molar-refractivity contribution in [2.75, 3.05) is 92.7 Å². The number of nitrogens with zero attached hydrogens (tertiary/aromatic N) is 7. The number of benzene rings is 2. The van der Waals surface area contributed by atoms with E-state index in [-0.39, 0.29) is 36.5 Å². The molecule has 0 bridgehead atoms. The molecule has 1 fully saturated rings. The second-order valence-corrected chi connectivity index (χ2v) is 22.5. The van der Waals surface area contributed by atoms with Crippen molar-refractivity contribution in [3.05, 3.63) is 111 Å². The number of methoxy groups -OCH3 is 2.